The Bertz CT molecular complexity index is 664. The highest BCUT2D eigenvalue weighted by Crippen LogP contribution is 2.16. The van der Waals surface area contributed by atoms with E-state index in [1.165, 1.54) is 0 Å². The quantitative estimate of drug-likeness (QED) is 0.888. The van der Waals surface area contributed by atoms with Crippen LogP contribution in [0.2, 0.25) is 0 Å². The molecule has 0 aliphatic heterocycles. The number of benzene rings is 1. The van der Waals surface area contributed by atoms with Crippen molar-refractivity contribution in [3.05, 3.63) is 35.7 Å². The number of hydrogen-bond donors (Lipinski definition) is 1. The fourth-order valence-corrected chi connectivity index (χ4v) is 2.07. The number of nitrogens with one attached hydrogen (secondary N) is 1. The van der Waals surface area contributed by atoms with Crippen LogP contribution in [0.4, 0.5) is 0 Å². The smallest absolute Gasteiger partial charge is 0.228 e. The molecular formula is C12H15N3O3S. The largest absolute Gasteiger partial charge is 0.339 e. The molecule has 19 heavy (non-hydrogen) atoms. The lowest BCUT2D eigenvalue weighted by molar-refractivity contribution is 0.379. The number of hydrogen-bond acceptors (Lipinski definition) is 5. The van der Waals surface area contributed by atoms with Gasteiger partial charge in [0, 0.05) is 18.5 Å². The third-order valence-electron chi connectivity index (χ3n) is 2.45. The van der Waals surface area contributed by atoms with Crippen molar-refractivity contribution >= 4 is 10.0 Å². The lowest BCUT2D eigenvalue weighted by Gasteiger charge is -1.97. The zero-order chi connectivity index (χ0) is 13.9. The zero-order valence-electron chi connectivity index (χ0n) is 10.8. The van der Waals surface area contributed by atoms with Crippen LogP contribution < -0.4 is 4.72 Å². The monoisotopic (exact) mass is 281 g/mol. The van der Waals surface area contributed by atoms with E-state index < -0.39 is 10.0 Å². The maximum absolute atomic E-state index is 10.9. The summed E-state index contributed by atoms with van der Waals surface area (Å²) in [6.45, 7) is 2.23. The van der Waals surface area contributed by atoms with E-state index in [-0.39, 0.29) is 6.54 Å². The van der Waals surface area contributed by atoms with Crippen LogP contribution in [0, 0.1) is 6.92 Å². The summed E-state index contributed by atoms with van der Waals surface area (Å²) in [7, 11) is -3.19. The van der Waals surface area contributed by atoms with Crippen LogP contribution in [0.5, 0.6) is 0 Å². The molecule has 0 aliphatic rings. The van der Waals surface area contributed by atoms with Gasteiger partial charge in [-0.3, -0.25) is 0 Å². The number of rotatable bonds is 5. The molecule has 1 aromatic carbocycles. The van der Waals surface area contributed by atoms with Gasteiger partial charge in [0.05, 0.1) is 6.26 Å². The third kappa shape index (κ3) is 4.15. The van der Waals surface area contributed by atoms with Crippen molar-refractivity contribution in [2.45, 2.75) is 13.3 Å². The molecule has 0 aliphatic carbocycles. The SMILES string of the molecule is Cc1cccc(-c2noc(CCNS(C)(=O)=O)n2)c1. The average molecular weight is 281 g/mol. The minimum atomic E-state index is -3.19. The van der Waals surface area contributed by atoms with Gasteiger partial charge in [-0.15, -0.1) is 0 Å². The number of aryl methyl sites for hydroxylation is 1. The van der Waals surface area contributed by atoms with Gasteiger partial charge < -0.3 is 4.52 Å². The summed E-state index contributed by atoms with van der Waals surface area (Å²) in [6.07, 6.45) is 1.48. The molecule has 0 amide bonds. The number of aromatic nitrogens is 2. The first-order valence-electron chi connectivity index (χ1n) is 5.78. The van der Waals surface area contributed by atoms with Gasteiger partial charge in [0.15, 0.2) is 0 Å². The molecule has 0 radical (unpaired) electrons. The van der Waals surface area contributed by atoms with Crippen LogP contribution in [-0.4, -0.2) is 31.4 Å². The minimum absolute atomic E-state index is 0.244. The molecule has 0 saturated heterocycles. The Hall–Kier alpha value is -1.73. The molecule has 7 heteroatoms. The van der Waals surface area contributed by atoms with Gasteiger partial charge in [-0.2, -0.15) is 4.98 Å². The van der Waals surface area contributed by atoms with Crippen LogP contribution in [0.3, 0.4) is 0 Å². The first-order valence-corrected chi connectivity index (χ1v) is 7.67. The highest BCUT2D eigenvalue weighted by atomic mass is 32.2. The zero-order valence-corrected chi connectivity index (χ0v) is 11.6. The second kappa shape index (κ2) is 5.50. The summed E-state index contributed by atoms with van der Waals surface area (Å²) < 4.78 is 29.3. The molecule has 2 rings (SSSR count). The second-order valence-electron chi connectivity index (χ2n) is 4.30. The predicted molar refractivity (Wildman–Crippen MR) is 71.0 cm³/mol. The van der Waals surface area contributed by atoms with E-state index in [2.05, 4.69) is 14.9 Å². The molecule has 0 atom stereocenters. The van der Waals surface area contributed by atoms with E-state index >= 15 is 0 Å². The molecule has 0 bridgehead atoms. The van der Waals surface area contributed by atoms with Crippen LogP contribution in [-0.2, 0) is 16.4 Å². The third-order valence-corrected chi connectivity index (χ3v) is 3.18. The van der Waals surface area contributed by atoms with Crippen LogP contribution in [0.15, 0.2) is 28.8 Å². The summed E-state index contributed by atoms with van der Waals surface area (Å²) in [4.78, 5) is 4.23. The van der Waals surface area contributed by atoms with Crippen molar-refractivity contribution in [1.82, 2.24) is 14.9 Å². The molecule has 0 saturated carbocycles. The lowest BCUT2D eigenvalue weighted by atomic mass is 10.1. The van der Waals surface area contributed by atoms with Gasteiger partial charge in [-0.25, -0.2) is 13.1 Å². The fourth-order valence-electron chi connectivity index (χ4n) is 1.60. The Kier molecular flexibility index (Phi) is 3.96. The molecule has 0 unspecified atom stereocenters. The predicted octanol–water partition coefficient (Wildman–Crippen LogP) is 1.14. The highest BCUT2D eigenvalue weighted by Gasteiger charge is 2.09. The van der Waals surface area contributed by atoms with Crippen molar-refractivity contribution in [2.24, 2.45) is 0 Å². The van der Waals surface area contributed by atoms with E-state index in [9.17, 15) is 8.42 Å². The Morgan fingerprint density at radius 2 is 2.16 bits per heavy atom. The van der Waals surface area contributed by atoms with Gasteiger partial charge in [0.25, 0.3) is 0 Å². The molecule has 6 nitrogen and oxygen atoms in total. The normalized spacial score (nSPS) is 11.7. The van der Waals surface area contributed by atoms with Crippen molar-refractivity contribution in [2.75, 3.05) is 12.8 Å². The van der Waals surface area contributed by atoms with E-state index in [4.69, 9.17) is 4.52 Å². The molecular weight excluding hydrogens is 266 g/mol. The molecule has 102 valence electrons. The first-order chi connectivity index (χ1) is 8.94. The van der Waals surface area contributed by atoms with Crippen LogP contribution in [0.25, 0.3) is 11.4 Å². The van der Waals surface area contributed by atoms with Gasteiger partial charge in [0.2, 0.25) is 21.7 Å². The van der Waals surface area contributed by atoms with Crippen molar-refractivity contribution in [3.63, 3.8) is 0 Å². The Morgan fingerprint density at radius 1 is 1.37 bits per heavy atom. The molecule has 2 aromatic rings. The molecule has 1 aromatic heterocycles. The van der Waals surface area contributed by atoms with Crippen LogP contribution >= 0.6 is 0 Å². The van der Waals surface area contributed by atoms with E-state index in [1.807, 2.05) is 31.2 Å². The Balaban J connectivity index is 2.03. The Labute approximate surface area is 111 Å². The maximum Gasteiger partial charge on any atom is 0.228 e. The summed E-state index contributed by atoms with van der Waals surface area (Å²) in [5.41, 5.74) is 1.99. The number of sulfonamides is 1. The molecule has 1 heterocycles. The van der Waals surface area contributed by atoms with E-state index in [1.54, 1.807) is 0 Å². The van der Waals surface area contributed by atoms with Crippen molar-refractivity contribution in [1.29, 1.82) is 0 Å². The first kappa shape index (κ1) is 13.7. The number of nitrogens with zero attached hydrogens (tertiary/aromatic N) is 2. The molecule has 0 fully saturated rings. The van der Waals surface area contributed by atoms with Gasteiger partial charge in [-0.05, 0) is 13.0 Å². The highest BCUT2D eigenvalue weighted by molar-refractivity contribution is 7.88. The summed E-state index contributed by atoms with van der Waals surface area (Å²) in [6, 6.07) is 7.77. The minimum Gasteiger partial charge on any atom is -0.339 e. The van der Waals surface area contributed by atoms with Gasteiger partial charge in [-0.1, -0.05) is 28.9 Å². The van der Waals surface area contributed by atoms with Crippen LogP contribution in [0.1, 0.15) is 11.5 Å². The van der Waals surface area contributed by atoms with E-state index in [0.29, 0.717) is 18.1 Å². The van der Waals surface area contributed by atoms with Gasteiger partial charge in [0.1, 0.15) is 0 Å². The molecule has 0 spiro atoms. The Morgan fingerprint density at radius 3 is 2.84 bits per heavy atom. The lowest BCUT2D eigenvalue weighted by Crippen LogP contribution is -2.24. The second-order valence-corrected chi connectivity index (χ2v) is 6.13. The topological polar surface area (TPSA) is 85.1 Å². The average Bonchev–Trinajstić information content (AvgIpc) is 2.76. The van der Waals surface area contributed by atoms with Crippen molar-refractivity contribution < 1.29 is 12.9 Å². The summed E-state index contributed by atoms with van der Waals surface area (Å²) in [5.74, 6) is 0.922. The van der Waals surface area contributed by atoms with Gasteiger partial charge >= 0.3 is 0 Å². The summed E-state index contributed by atoms with van der Waals surface area (Å²) >= 11 is 0. The van der Waals surface area contributed by atoms with E-state index in [0.717, 1.165) is 17.4 Å². The fraction of sp³-hybridized carbons (Fsp3) is 0.333. The maximum atomic E-state index is 10.9. The van der Waals surface area contributed by atoms with Crippen molar-refractivity contribution in [3.8, 4) is 11.4 Å². The molecule has 1 N–H and O–H groups in total. The standard InChI is InChI=1S/C12H15N3O3S/c1-9-4-3-5-10(8-9)12-14-11(18-15-12)6-7-13-19(2,16)17/h3-5,8,13H,6-7H2,1-2H3. The summed E-state index contributed by atoms with van der Waals surface area (Å²) in [5, 5.41) is 3.88.